The molecule has 4 heteroatoms. The van der Waals surface area contributed by atoms with Gasteiger partial charge in [-0.1, -0.05) is 6.92 Å². The summed E-state index contributed by atoms with van der Waals surface area (Å²) in [5, 5.41) is 0. The van der Waals surface area contributed by atoms with Crippen molar-refractivity contribution in [3.05, 3.63) is 0 Å². The zero-order valence-electron chi connectivity index (χ0n) is 10.7. The van der Waals surface area contributed by atoms with Crippen LogP contribution in [0.15, 0.2) is 0 Å². The normalized spacial score (nSPS) is 34.7. The number of nitrogens with two attached hydrogens (primary N) is 1. The van der Waals surface area contributed by atoms with Gasteiger partial charge in [0.25, 0.3) is 5.91 Å². The second-order valence-corrected chi connectivity index (χ2v) is 5.31. The highest BCUT2D eigenvalue weighted by Gasteiger charge is 2.35. The number of carbonyl (C=O) groups excluding carboxylic acids is 1. The van der Waals surface area contributed by atoms with Crippen LogP contribution in [-0.2, 0) is 9.53 Å². The van der Waals surface area contributed by atoms with Crippen LogP contribution in [0, 0.1) is 5.92 Å². The molecule has 0 aromatic heterocycles. The first-order valence-corrected chi connectivity index (χ1v) is 6.86. The van der Waals surface area contributed by atoms with Gasteiger partial charge in [-0.05, 0) is 38.0 Å². The van der Waals surface area contributed by atoms with Crippen LogP contribution in [0.3, 0.4) is 0 Å². The van der Waals surface area contributed by atoms with Crippen molar-refractivity contribution >= 4 is 5.91 Å². The first-order chi connectivity index (χ1) is 8.24. The third-order valence-electron chi connectivity index (χ3n) is 4.10. The summed E-state index contributed by atoms with van der Waals surface area (Å²) in [7, 11) is 0. The minimum Gasteiger partial charge on any atom is -0.368 e. The van der Waals surface area contributed by atoms with Gasteiger partial charge in [-0.3, -0.25) is 4.79 Å². The van der Waals surface area contributed by atoms with Crippen LogP contribution in [0.25, 0.3) is 0 Å². The third-order valence-corrected chi connectivity index (χ3v) is 4.10. The molecule has 0 aromatic carbocycles. The maximum atomic E-state index is 12.4. The van der Waals surface area contributed by atoms with E-state index in [1.807, 2.05) is 4.90 Å². The van der Waals surface area contributed by atoms with Crippen LogP contribution in [0.1, 0.15) is 39.0 Å². The molecule has 0 spiro atoms. The Bertz CT molecular complexity index is 264. The van der Waals surface area contributed by atoms with Crippen LogP contribution in [0.2, 0.25) is 0 Å². The van der Waals surface area contributed by atoms with Crippen LogP contribution < -0.4 is 5.73 Å². The van der Waals surface area contributed by atoms with Gasteiger partial charge >= 0.3 is 0 Å². The van der Waals surface area contributed by atoms with E-state index >= 15 is 0 Å². The third kappa shape index (κ3) is 2.80. The van der Waals surface area contributed by atoms with Crippen molar-refractivity contribution in [3.8, 4) is 0 Å². The summed E-state index contributed by atoms with van der Waals surface area (Å²) in [6.07, 6.45) is 5.13. The molecule has 0 aromatic rings. The molecular formula is C13H24N2O2. The quantitative estimate of drug-likeness (QED) is 0.787. The van der Waals surface area contributed by atoms with Gasteiger partial charge in [-0.15, -0.1) is 0 Å². The van der Waals surface area contributed by atoms with E-state index in [1.54, 1.807) is 0 Å². The second kappa shape index (κ2) is 5.83. The van der Waals surface area contributed by atoms with Crippen molar-refractivity contribution in [1.82, 2.24) is 4.90 Å². The largest absolute Gasteiger partial charge is 0.368 e. The average molecular weight is 240 g/mol. The number of hydrogen-bond acceptors (Lipinski definition) is 3. The molecule has 0 unspecified atom stereocenters. The van der Waals surface area contributed by atoms with E-state index in [0.29, 0.717) is 12.5 Å². The predicted octanol–water partition coefficient (Wildman–Crippen LogP) is 1.14. The SMILES string of the molecule is C[C@@H]1CCCN(C(=O)[C@@H]2CCCCO2)[C@H]1CN. The molecule has 2 rings (SSSR count). The maximum absolute atomic E-state index is 12.4. The van der Waals surface area contributed by atoms with E-state index < -0.39 is 0 Å². The lowest BCUT2D eigenvalue weighted by molar-refractivity contribution is -0.151. The summed E-state index contributed by atoms with van der Waals surface area (Å²) in [4.78, 5) is 14.4. The molecule has 0 bridgehead atoms. The topological polar surface area (TPSA) is 55.6 Å². The van der Waals surface area contributed by atoms with Gasteiger partial charge in [0.1, 0.15) is 6.10 Å². The molecular weight excluding hydrogens is 216 g/mol. The fraction of sp³-hybridized carbons (Fsp3) is 0.923. The van der Waals surface area contributed by atoms with Gasteiger partial charge in [0.05, 0.1) is 0 Å². The zero-order chi connectivity index (χ0) is 12.3. The molecule has 1 amide bonds. The smallest absolute Gasteiger partial charge is 0.251 e. The number of likely N-dealkylation sites (tertiary alicyclic amines) is 1. The summed E-state index contributed by atoms with van der Waals surface area (Å²) < 4.78 is 5.59. The van der Waals surface area contributed by atoms with Gasteiger partial charge in [-0.25, -0.2) is 0 Å². The molecule has 4 nitrogen and oxygen atoms in total. The second-order valence-electron chi connectivity index (χ2n) is 5.31. The highest BCUT2D eigenvalue weighted by atomic mass is 16.5. The Balaban J connectivity index is 2.00. The van der Waals surface area contributed by atoms with Gasteiger partial charge in [0.15, 0.2) is 0 Å². The van der Waals surface area contributed by atoms with Gasteiger partial charge in [0.2, 0.25) is 0 Å². The highest BCUT2D eigenvalue weighted by molar-refractivity contribution is 5.81. The van der Waals surface area contributed by atoms with Crippen molar-refractivity contribution in [1.29, 1.82) is 0 Å². The van der Waals surface area contributed by atoms with Crippen molar-refractivity contribution in [2.75, 3.05) is 19.7 Å². The Morgan fingerprint density at radius 3 is 2.82 bits per heavy atom. The standard InChI is InChI=1S/C13H24N2O2/c1-10-5-4-7-15(11(10)9-14)13(16)12-6-2-3-8-17-12/h10-12H,2-9,14H2,1H3/t10-,11+,12+/m1/s1. The number of hydrogen-bond donors (Lipinski definition) is 1. The lowest BCUT2D eigenvalue weighted by Crippen LogP contribution is -2.54. The molecule has 98 valence electrons. The molecule has 2 saturated heterocycles. The molecule has 2 heterocycles. The van der Waals surface area contributed by atoms with Crippen molar-refractivity contribution in [3.63, 3.8) is 0 Å². The summed E-state index contributed by atoms with van der Waals surface area (Å²) in [6, 6.07) is 0.210. The van der Waals surface area contributed by atoms with Crippen molar-refractivity contribution in [2.24, 2.45) is 11.7 Å². The summed E-state index contributed by atoms with van der Waals surface area (Å²) in [5.74, 6) is 0.688. The Kier molecular flexibility index (Phi) is 4.40. The van der Waals surface area contributed by atoms with Crippen LogP contribution in [0.4, 0.5) is 0 Å². The minimum absolute atomic E-state index is 0.173. The van der Waals surface area contributed by atoms with Gasteiger partial charge in [0, 0.05) is 25.7 Å². The average Bonchev–Trinajstić information content (AvgIpc) is 2.38. The van der Waals surface area contributed by atoms with Gasteiger partial charge < -0.3 is 15.4 Å². The molecule has 0 aliphatic carbocycles. The van der Waals surface area contributed by atoms with Crippen molar-refractivity contribution < 1.29 is 9.53 Å². The first kappa shape index (κ1) is 12.8. The lowest BCUT2D eigenvalue weighted by Gasteiger charge is -2.41. The minimum atomic E-state index is -0.205. The maximum Gasteiger partial charge on any atom is 0.251 e. The molecule has 17 heavy (non-hydrogen) atoms. The molecule has 2 N–H and O–H groups in total. The summed E-state index contributed by atoms with van der Waals surface area (Å²) in [6.45, 7) is 4.34. The van der Waals surface area contributed by atoms with E-state index in [2.05, 4.69) is 6.92 Å². The van der Waals surface area contributed by atoms with E-state index in [0.717, 1.165) is 38.8 Å². The number of ether oxygens (including phenoxy) is 1. The Hall–Kier alpha value is -0.610. The number of amides is 1. The Morgan fingerprint density at radius 2 is 2.18 bits per heavy atom. The summed E-state index contributed by atoms with van der Waals surface area (Å²) in [5.41, 5.74) is 5.82. The van der Waals surface area contributed by atoms with E-state index in [4.69, 9.17) is 10.5 Å². The van der Waals surface area contributed by atoms with E-state index in [9.17, 15) is 4.79 Å². The predicted molar refractivity (Wildman–Crippen MR) is 66.5 cm³/mol. The Labute approximate surface area is 103 Å². The monoisotopic (exact) mass is 240 g/mol. The van der Waals surface area contributed by atoms with E-state index in [-0.39, 0.29) is 18.1 Å². The fourth-order valence-electron chi connectivity index (χ4n) is 3.00. The van der Waals surface area contributed by atoms with Crippen LogP contribution in [0.5, 0.6) is 0 Å². The molecule has 0 saturated carbocycles. The number of piperidine rings is 1. The summed E-state index contributed by atoms with van der Waals surface area (Å²) >= 11 is 0. The van der Waals surface area contributed by atoms with Crippen LogP contribution >= 0.6 is 0 Å². The highest BCUT2D eigenvalue weighted by Crippen LogP contribution is 2.25. The zero-order valence-corrected chi connectivity index (χ0v) is 10.7. The van der Waals surface area contributed by atoms with Crippen molar-refractivity contribution in [2.45, 2.75) is 51.2 Å². The fourth-order valence-corrected chi connectivity index (χ4v) is 3.00. The molecule has 2 aliphatic rings. The Morgan fingerprint density at radius 1 is 1.35 bits per heavy atom. The molecule has 2 aliphatic heterocycles. The number of rotatable bonds is 2. The number of carbonyl (C=O) groups is 1. The number of nitrogens with zero attached hydrogens (tertiary/aromatic N) is 1. The first-order valence-electron chi connectivity index (χ1n) is 6.86. The molecule has 0 radical (unpaired) electrons. The molecule has 2 fully saturated rings. The molecule has 3 atom stereocenters. The van der Waals surface area contributed by atoms with Gasteiger partial charge in [-0.2, -0.15) is 0 Å². The lowest BCUT2D eigenvalue weighted by atomic mass is 9.90. The van der Waals surface area contributed by atoms with Crippen LogP contribution in [-0.4, -0.2) is 42.6 Å². The van der Waals surface area contributed by atoms with E-state index in [1.165, 1.54) is 6.42 Å².